The van der Waals surface area contributed by atoms with Crippen molar-refractivity contribution in [1.29, 1.82) is 0 Å². The van der Waals surface area contributed by atoms with E-state index < -0.39 is 80.6 Å². The summed E-state index contributed by atoms with van der Waals surface area (Å²) in [5.74, 6) is 0. The van der Waals surface area contributed by atoms with Crippen LogP contribution in [0.25, 0.3) is 121 Å². The summed E-state index contributed by atoms with van der Waals surface area (Å²) >= 11 is 0. The van der Waals surface area contributed by atoms with Crippen molar-refractivity contribution >= 4 is 87.5 Å². The first-order chi connectivity index (χ1) is 35.3. The predicted molar refractivity (Wildman–Crippen MR) is 261 cm³/mol. The molecule has 0 saturated carbocycles. The fourth-order valence-corrected chi connectivity index (χ4v) is 10.9. The number of aromatic nitrogens is 2. The minimum absolute atomic E-state index is 0.105. The molecular formula is C58H28F12N2O2. The molecule has 4 heterocycles. The van der Waals surface area contributed by atoms with Gasteiger partial charge in [-0.1, -0.05) is 97.1 Å². The van der Waals surface area contributed by atoms with Gasteiger partial charge in [0.05, 0.1) is 60.9 Å². The van der Waals surface area contributed by atoms with Gasteiger partial charge in [-0.15, -0.1) is 0 Å². The van der Waals surface area contributed by atoms with Crippen LogP contribution in [0.4, 0.5) is 52.7 Å². The maximum absolute atomic E-state index is 17.5. The lowest BCUT2D eigenvalue weighted by Crippen LogP contribution is -2.23. The zero-order valence-electron chi connectivity index (χ0n) is 37.4. The van der Waals surface area contributed by atoms with E-state index in [1.54, 1.807) is 60.7 Å². The lowest BCUT2D eigenvalue weighted by Gasteiger charge is -2.31. The molecule has 13 rings (SSSR count). The van der Waals surface area contributed by atoms with Crippen LogP contribution < -0.4 is 0 Å². The van der Waals surface area contributed by atoms with Crippen molar-refractivity contribution in [2.45, 2.75) is 24.7 Å². The summed E-state index contributed by atoms with van der Waals surface area (Å²) < 4.78 is 208. The summed E-state index contributed by atoms with van der Waals surface area (Å²) in [5.41, 5.74) is -13.4. The maximum atomic E-state index is 17.5. The Kier molecular flexibility index (Phi) is 9.43. The molecule has 0 amide bonds. The number of fused-ring (bicyclic) bond motifs is 14. The molecule has 0 spiro atoms. The van der Waals surface area contributed by atoms with E-state index in [4.69, 9.17) is 8.83 Å². The first-order valence-electron chi connectivity index (χ1n) is 22.7. The molecule has 0 aliphatic rings. The summed E-state index contributed by atoms with van der Waals surface area (Å²) in [6, 6.07) is 36.3. The zero-order valence-corrected chi connectivity index (χ0v) is 37.4. The molecule has 0 atom stereocenters. The second kappa shape index (κ2) is 15.4. The third-order valence-electron chi connectivity index (χ3n) is 13.8. The quantitative estimate of drug-likeness (QED) is 0.165. The number of benzene rings is 9. The number of para-hydroxylation sites is 4. The monoisotopic (exact) mass is 1010 g/mol. The van der Waals surface area contributed by atoms with Crippen molar-refractivity contribution in [3.8, 4) is 33.6 Å². The van der Waals surface area contributed by atoms with E-state index in [9.17, 15) is 26.3 Å². The molecule has 0 saturated heterocycles. The Bertz CT molecular complexity index is 4230. The van der Waals surface area contributed by atoms with Crippen molar-refractivity contribution in [3.63, 3.8) is 0 Å². The molecule has 0 aliphatic heterocycles. The lowest BCUT2D eigenvalue weighted by atomic mass is 9.84. The molecule has 0 fully saturated rings. The highest BCUT2D eigenvalue weighted by atomic mass is 19.4. The third-order valence-corrected chi connectivity index (χ3v) is 13.8. The standard InChI is InChI=1S/C58H28F12N2O2/c59-55(60,61)31-13-9-11-29(27-31)45-49(57(65,66)67)46(30-12-10-14-32(28-30)56(62,63)64)52(72-40-20-6-2-18-38(40)48-42(72)26-24-36-34-16-4-8-22-44(34)74-54(36)48)50(58(68,69)70)51(45)71-39-19-5-1-17-37(39)47-41(71)25-23-35-33-15-3-7-21-43(33)73-53(35)47/h1-28H. The Hall–Kier alpha value is -8.66. The fourth-order valence-electron chi connectivity index (χ4n) is 10.9. The average molecular weight is 1010 g/mol. The van der Waals surface area contributed by atoms with Gasteiger partial charge in [0.2, 0.25) is 0 Å². The Labute approximate surface area is 407 Å². The normalized spacial score (nSPS) is 13.1. The minimum Gasteiger partial charge on any atom is -0.455 e. The van der Waals surface area contributed by atoms with E-state index >= 15 is 26.3 Å². The highest BCUT2D eigenvalue weighted by Crippen LogP contribution is 2.58. The van der Waals surface area contributed by atoms with Crippen LogP contribution in [-0.4, -0.2) is 9.13 Å². The topological polar surface area (TPSA) is 36.1 Å². The number of alkyl halides is 12. The van der Waals surface area contributed by atoms with Crippen molar-refractivity contribution in [2.75, 3.05) is 0 Å². The summed E-state index contributed by atoms with van der Waals surface area (Å²) in [4.78, 5) is 0. The number of nitrogens with zero attached hydrogens (tertiary/aromatic N) is 2. The maximum Gasteiger partial charge on any atom is 0.420 e. The van der Waals surface area contributed by atoms with Crippen LogP contribution in [0.1, 0.15) is 22.3 Å². The Morgan fingerprint density at radius 1 is 0.311 bits per heavy atom. The van der Waals surface area contributed by atoms with Crippen LogP contribution in [0.3, 0.4) is 0 Å². The van der Waals surface area contributed by atoms with E-state index in [2.05, 4.69) is 0 Å². The Morgan fingerprint density at radius 2 is 0.689 bits per heavy atom. The van der Waals surface area contributed by atoms with Crippen molar-refractivity contribution in [1.82, 2.24) is 9.13 Å². The van der Waals surface area contributed by atoms with Crippen LogP contribution in [0, 0.1) is 0 Å². The number of hydrogen-bond acceptors (Lipinski definition) is 2. The molecule has 0 N–H and O–H groups in total. The molecule has 16 heteroatoms. The van der Waals surface area contributed by atoms with E-state index in [0.717, 1.165) is 33.4 Å². The third kappa shape index (κ3) is 6.59. The largest absolute Gasteiger partial charge is 0.455 e. The molecule has 0 aliphatic carbocycles. The number of furan rings is 2. The molecule has 13 aromatic rings. The average Bonchev–Trinajstić information content (AvgIpc) is 4.13. The van der Waals surface area contributed by atoms with Gasteiger partial charge in [0.15, 0.2) is 0 Å². The Balaban J connectivity index is 1.35. The first-order valence-corrected chi connectivity index (χ1v) is 22.7. The molecule has 4 aromatic heterocycles. The van der Waals surface area contributed by atoms with Crippen molar-refractivity contribution < 1.29 is 61.5 Å². The van der Waals surface area contributed by atoms with Crippen molar-refractivity contribution in [3.05, 3.63) is 192 Å². The van der Waals surface area contributed by atoms with Gasteiger partial charge >= 0.3 is 24.7 Å². The zero-order chi connectivity index (χ0) is 51.4. The highest BCUT2D eigenvalue weighted by molar-refractivity contribution is 6.26. The number of rotatable bonds is 4. The number of hydrogen-bond donors (Lipinski definition) is 0. The second-order valence-corrected chi connectivity index (χ2v) is 17.9. The van der Waals surface area contributed by atoms with Gasteiger partial charge in [-0.3, -0.25) is 0 Å². The molecule has 9 aromatic carbocycles. The summed E-state index contributed by atoms with van der Waals surface area (Å²) in [6.45, 7) is 0. The van der Waals surface area contributed by atoms with Gasteiger partial charge in [0.25, 0.3) is 0 Å². The molecule has 4 nitrogen and oxygen atoms in total. The summed E-state index contributed by atoms with van der Waals surface area (Å²) in [6.07, 6.45) is -22.0. The van der Waals surface area contributed by atoms with E-state index in [-0.39, 0.29) is 54.8 Å². The molecular weight excluding hydrogens is 985 g/mol. The molecule has 366 valence electrons. The highest BCUT2D eigenvalue weighted by Gasteiger charge is 2.49. The smallest absolute Gasteiger partial charge is 0.420 e. The Morgan fingerprint density at radius 3 is 1.08 bits per heavy atom. The second-order valence-electron chi connectivity index (χ2n) is 17.9. The van der Waals surface area contributed by atoms with Gasteiger partial charge in [-0.25, -0.2) is 0 Å². The SMILES string of the molecule is FC(F)(F)c1cccc(-c2c(-n3c4ccccc4c4c5oc6ccccc6c5ccc43)c(C(F)(F)F)c(-n3c4ccccc4c4c5oc6ccccc6c5ccc43)c(-c3cccc(C(F)(F)F)c3)c2C(F)(F)F)c1. The fraction of sp³-hybridized carbons (Fsp3) is 0.0690. The van der Waals surface area contributed by atoms with Crippen LogP contribution >= 0.6 is 0 Å². The van der Waals surface area contributed by atoms with Gasteiger partial charge in [-0.05, 0) is 83.9 Å². The van der Waals surface area contributed by atoms with E-state index in [1.807, 2.05) is 0 Å². The minimum atomic E-state index is -5.82. The van der Waals surface area contributed by atoms with Crippen LogP contribution in [0.5, 0.6) is 0 Å². The van der Waals surface area contributed by atoms with Crippen LogP contribution in [0.2, 0.25) is 0 Å². The molecule has 74 heavy (non-hydrogen) atoms. The van der Waals surface area contributed by atoms with E-state index in [0.29, 0.717) is 57.0 Å². The van der Waals surface area contributed by atoms with Crippen molar-refractivity contribution in [2.24, 2.45) is 0 Å². The van der Waals surface area contributed by atoms with E-state index in [1.165, 1.54) is 60.7 Å². The van der Waals surface area contributed by atoms with Gasteiger partial charge in [0.1, 0.15) is 27.9 Å². The summed E-state index contributed by atoms with van der Waals surface area (Å²) in [7, 11) is 0. The molecule has 0 radical (unpaired) electrons. The van der Waals surface area contributed by atoms with Gasteiger partial charge < -0.3 is 18.0 Å². The summed E-state index contributed by atoms with van der Waals surface area (Å²) in [5, 5.41) is 2.97. The molecule has 0 bridgehead atoms. The first kappa shape index (κ1) is 45.2. The predicted octanol–water partition coefficient (Wildman–Crippen LogP) is 19.1. The van der Waals surface area contributed by atoms with Crippen LogP contribution in [-0.2, 0) is 24.7 Å². The number of halogens is 12. The van der Waals surface area contributed by atoms with Gasteiger partial charge in [-0.2, -0.15) is 52.7 Å². The molecule has 0 unspecified atom stereocenters. The lowest BCUT2D eigenvalue weighted by molar-refractivity contribution is -0.140. The van der Waals surface area contributed by atoms with Gasteiger partial charge in [0, 0.05) is 43.4 Å². The van der Waals surface area contributed by atoms with Crippen LogP contribution in [0.15, 0.2) is 179 Å².